The highest BCUT2D eigenvalue weighted by Gasteiger charge is 2.62. The van der Waals surface area contributed by atoms with Gasteiger partial charge in [0.25, 0.3) is 0 Å². The second kappa shape index (κ2) is 8.76. The van der Waals surface area contributed by atoms with Crippen molar-refractivity contribution in [2.75, 3.05) is 27.4 Å². The number of methoxy groups -OCH3 is 2. The van der Waals surface area contributed by atoms with Crippen LogP contribution in [0.3, 0.4) is 0 Å². The molecular formula is C29H36O5. The highest BCUT2D eigenvalue weighted by Crippen LogP contribution is 2.69. The summed E-state index contributed by atoms with van der Waals surface area (Å²) >= 11 is 0. The highest BCUT2D eigenvalue weighted by molar-refractivity contribution is 5.93. The van der Waals surface area contributed by atoms with Crippen LogP contribution in [0.1, 0.15) is 73.7 Å². The van der Waals surface area contributed by atoms with Crippen LogP contribution in [0, 0.1) is 22.7 Å². The smallest absolute Gasteiger partial charge is 0.337 e. The lowest BCUT2D eigenvalue weighted by atomic mass is 9.49. The molecule has 5 heteroatoms. The average Bonchev–Trinajstić information content (AvgIpc) is 3.15. The van der Waals surface area contributed by atoms with Gasteiger partial charge in [-0.15, -0.1) is 0 Å². The minimum atomic E-state index is -0.328. The predicted molar refractivity (Wildman–Crippen MR) is 129 cm³/mol. The Morgan fingerprint density at radius 3 is 2.56 bits per heavy atom. The summed E-state index contributed by atoms with van der Waals surface area (Å²) in [4.78, 5) is 24.2. The van der Waals surface area contributed by atoms with Gasteiger partial charge in [0.2, 0.25) is 0 Å². The number of hydrogen-bond donors (Lipinski definition) is 1. The Hall–Kier alpha value is -2.24. The van der Waals surface area contributed by atoms with E-state index in [9.17, 15) is 14.7 Å². The first-order chi connectivity index (χ1) is 16.4. The third-order valence-corrected chi connectivity index (χ3v) is 9.73. The maximum absolute atomic E-state index is 12.2. The van der Waals surface area contributed by atoms with Gasteiger partial charge in [0.15, 0.2) is 5.78 Å². The number of carbonyl (C=O) groups excluding carboxylic acids is 2. The number of benzene rings is 1. The molecule has 34 heavy (non-hydrogen) atoms. The summed E-state index contributed by atoms with van der Waals surface area (Å²) in [6, 6.07) is 7.87. The topological polar surface area (TPSA) is 72.8 Å². The number of allylic oxidation sites excluding steroid dienone is 4. The molecule has 4 aliphatic rings. The standard InChI is InChI=1S/C29H36O5/c1-28-15-24(18-4-6-19(7-5-18)27(32)34-3)26-22-11-9-21(31)14-20(22)8-10-23(26)25(28)12-13-29(28,16-30)17-33-2/h4-7,14,23-25,30H,8-13,15-17H2,1-3H3/t23-,24+,25-,28-,29?/m0/s1. The fourth-order valence-corrected chi connectivity index (χ4v) is 7.95. The average molecular weight is 465 g/mol. The van der Waals surface area contributed by atoms with Crippen LogP contribution in [-0.2, 0) is 14.3 Å². The van der Waals surface area contributed by atoms with Gasteiger partial charge in [-0.3, -0.25) is 4.79 Å². The molecule has 0 radical (unpaired) electrons. The number of esters is 1. The molecule has 4 aliphatic carbocycles. The first-order valence-electron chi connectivity index (χ1n) is 12.6. The van der Waals surface area contributed by atoms with Crippen LogP contribution in [-0.4, -0.2) is 44.3 Å². The van der Waals surface area contributed by atoms with Gasteiger partial charge in [-0.05, 0) is 90.7 Å². The minimum Gasteiger partial charge on any atom is -0.465 e. The van der Waals surface area contributed by atoms with Gasteiger partial charge < -0.3 is 14.6 Å². The van der Waals surface area contributed by atoms with E-state index in [0.29, 0.717) is 30.4 Å². The molecule has 5 atom stereocenters. The molecule has 0 aliphatic heterocycles. The summed E-state index contributed by atoms with van der Waals surface area (Å²) in [7, 11) is 3.14. The predicted octanol–water partition coefficient (Wildman–Crippen LogP) is 5.00. The number of aliphatic hydroxyl groups is 1. The lowest BCUT2D eigenvalue weighted by Gasteiger charge is -2.56. The second-order valence-electron chi connectivity index (χ2n) is 11.0. The van der Waals surface area contributed by atoms with E-state index in [0.717, 1.165) is 38.5 Å². The summed E-state index contributed by atoms with van der Waals surface area (Å²) in [5, 5.41) is 10.7. The zero-order valence-corrected chi connectivity index (χ0v) is 20.6. The van der Waals surface area contributed by atoms with Crippen LogP contribution in [0.4, 0.5) is 0 Å². The lowest BCUT2D eigenvalue weighted by molar-refractivity contribution is -0.114. The summed E-state index contributed by atoms with van der Waals surface area (Å²) in [5.74, 6) is 1.08. The number of aliphatic hydroxyl groups excluding tert-OH is 1. The Morgan fingerprint density at radius 1 is 1.12 bits per heavy atom. The Kier molecular flexibility index (Phi) is 6.06. The van der Waals surface area contributed by atoms with E-state index in [1.165, 1.54) is 29.4 Å². The van der Waals surface area contributed by atoms with Crippen LogP contribution < -0.4 is 0 Å². The molecule has 0 spiro atoms. The van der Waals surface area contributed by atoms with E-state index in [2.05, 4.69) is 19.1 Å². The van der Waals surface area contributed by atoms with Crippen molar-refractivity contribution in [1.82, 2.24) is 0 Å². The lowest BCUT2D eigenvalue weighted by Crippen LogP contribution is -2.51. The molecule has 0 amide bonds. The Bertz CT molecular complexity index is 1050. The molecule has 2 fully saturated rings. The van der Waals surface area contributed by atoms with E-state index in [1.54, 1.807) is 7.11 Å². The quantitative estimate of drug-likeness (QED) is 0.621. The molecule has 1 unspecified atom stereocenters. The zero-order valence-electron chi connectivity index (χ0n) is 20.6. The summed E-state index contributed by atoms with van der Waals surface area (Å²) in [5.41, 5.74) is 5.63. The van der Waals surface area contributed by atoms with Crippen molar-refractivity contribution in [2.24, 2.45) is 22.7 Å². The molecule has 0 saturated heterocycles. The third-order valence-electron chi connectivity index (χ3n) is 9.73. The molecular weight excluding hydrogens is 428 g/mol. The molecule has 5 nitrogen and oxygen atoms in total. The van der Waals surface area contributed by atoms with Crippen molar-refractivity contribution >= 4 is 11.8 Å². The van der Waals surface area contributed by atoms with Crippen LogP contribution in [0.15, 0.2) is 47.1 Å². The van der Waals surface area contributed by atoms with E-state index >= 15 is 0 Å². The molecule has 1 aromatic rings. The van der Waals surface area contributed by atoms with Gasteiger partial charge in [-0.2, -0.15) is 0 Å². The van der Waals surface area contributed by atoms with Gasteiger partial charge in [-0.25, -0.2) is 4.79 Å². The molecule has 0 heterocycles. The highest BCUT2D eigenvalue weighted by atomic mass is 16.5. The van der Waals surface area contributed by atoms with Crippen molar-refractivity contribution in [3.05, 3.63) is 58.2 Å². The van der Waals surface area contributed by atoms with E-state index < -0.39 is 0 Å². The van der Waals surface area contributed by atoms with Crippen molar-refractivity contribution in [3.63, 3.8) is 0 Å². The minimum absolute atomic E-state index is 0.0517. The molecule has 182 valence electrons. The Morgan fingerprint density at radius 2 is 1.88 bits per heavy atom. The van der Waals surface area contributed by atoms with Gasteiger partial charge in [0, 0.05) is 24.9 Å². The van der Waals surface area contributed by atoms with E-state index in [-0.39, 0.29) is 35.1 Å². The molecule has 0 bridgehead atoms. The fourth-order valence-electron chi connectivity index (χ4n) is 7.95. The summed E-state index contributed by atoms with van der Waals surface area (Å²) in [6.07, 6.45) is 8.37. The zero-order chi connectivity index (χ0) is 24.1. The number of carbonyl (C=O) groups is 2. The second-order valence-corrected chi connectivity index (χ2v) is 11.0. The van der Waals surface area contributed by atoms with Crippen LogP contribution >= 0.6 is 0 Å². The number of ether oxygens (including phenoxy) is 2. The molecule has 0 aromatic heterocycles. The van der Waals surface area contributed by atoms with Crippen LogP contribution in [0.2, 0.25) is 0 Å². The van der Waals surface area contributed by atoms with Gasteiger partial charge in [0.1, 0.15) is 0 Å². The third kappa shape index (κ3) is 3.43. The summed E-state index contributed by atoms with van der Waals surface area (Å²) < 4.78 is 10.6. The number of ketones is 1. The molecule has 2 saturated carbocycles. The van der Waals surface area contributed by atoms with Gasteiger partial charge in [0.05, 0.1) is 25.9 Å². The largest absolute Gasteiger partial charge is 0.465 e. The Labute approximate surface area is 202 Å². The number of rotatable bonds is 5. The first-order valence-corrected chi connectivity index (χ1v) is 12.6. The maximum Gasteiger partial charge on any atom is 0.337 e. The molecule has 1 N–H and O–H groups in total. The normalized spacial score (nSPS) is 34.8. The Balaban J connectivity index is 1.65. The van der Waals surface area contributed by atoms with Gasteiger partial charge in [-0.1, -0.05) is 24.6 Å². The number of hydrogen-bond acceptors (Lipinski definition) is 5. The van der Waals surface area contributed by atoms with Crippen molar-refractivity contribution < 1.29 is 24.2 Å². The van der Waals surface area contributed by atoms with E-state index in [1.807, 2.05) is 18.2 Å². The SMILES string of the molecule is COCC1(CO)CC[C@H]2[C@@H]3CCC4=CC(=O)CCC4=C3[C@@H](c3ccc(C(=O)OC)cc3)C[C@@]21C. The monoisotopic (exact) mass is 464 g/mol. The molecule has 1 aromatic carbocycles. The van der Waals surface area contributed by atoms with Crippen molar-refractivity contribution in [1.29, 1.82) is 0 Å². The van der Waals surface area contributed by atoms with Crippen LogP contribution in [0.5, 0.6) is 0 Å². The van der Waals surface area contributed by atoms with Crippen LogP contribution in [0.25, 0.3) is 0 Å². The first kappa shape index (κ1) is 23.5. The fraction of sp³-hybridized carbons (Fsp3) is 0.586. The van der Waals surface area contributed by atoms with Gasteiger partial charge >= 0.3 is 5.97 Å². The van der Waals surface area contributed by atoms with Crippen molar-refractivity contribution in [2.45, 2.75) is 57.8 Å². The summed E-state index contributed by atoms with van der Waals surface area (Å²) in [6.45, 7) is 3.09. The van der Waals surface area contributed by atoms with E-state index in [4.69, 9.17) is 9.47 Å². The van der Waals surface area contributed by atoms with Crippen molar-refractivity contribution in [3.8, 4) is 0 Å². The number of fused-ring (bicyclic) bond motifs is 4. The maximum atomic E-state index is 12.2. The molecule has 5 rings (SSSR count).